The molecule has 1 aromatic heterocycles. The van der Waals surface area contributed by atoms with Gasteiger partial charge in [-0.05, 0) is 18.9 Å². The average Bonchev–Trinajstić information content (AvgIpc) is 2.97. The van der Waals surface area contributed by atoms with Gasteiger partial charge in [-0.3, -0.25) is 0 Å². The molecule has 2 aromatic rings. The summed E-state index contributed by atoms with van der Waals surface area (Å²) in [5.74, 6) is 0.431. The molecule has 0 radical (unpaired) electrons. The van der Waals surface area contributed by atoms with Crippen LogP contribution in [0.4, 0.5) is 10.2 Å². The predicted octanol–water partition coefficient (Wildman–Crippen LogP) is 2.37. The molecule has 3 rings (SSSR count). The van der Waals surface area contributed by atoms with Crippen LogP contribution >= 0.6 is 0 Å². The van der Waals surface area contributed by atoms with Crippen molar-refractivity contribution in [1.29, 1.82) is 0 Å². The van der Waals surface area contributed by atoms with Gasteiger partial charge in [0.2, 0.25) is 0 Å². The largest absolute Gasteiger partial charge is 0.494 e. The second-order valence-electron chi connectivity index (χ2n) is 4.74. The number of benzene rings is 1. The predicted molar refractivity (Wildman–Crippen MR) is 73.5 cm³/mol. The van der Waals surface area contributed by atoms with Crippen molar-refractivity contribution in [1.82, 2.24) is 9.97 Å². The molecule has 1 aromatic carbocycles. The fourth-order valence-corrected chi connectivity index (χ4v) is 2.37. The lowest BCUT2D eigenvalue weighted by atomic mass is 10.2. The fraction of sp³-hybridized carbons (Fsp3) is 0.429. The van der Waals surface area contributed by atoms with Gasteiger partial charge in [0.1, 0.15) is 12.1 Å². The van der Waals surface area contributed by atoms with E-state index in [9.17, 15) is 4.39 Å². The molecule has 1 N–H and O–H groups in total. The molecule has 1 atom stereocenters. The van der Waals surface area contributed by atoms with E-state index in [1.165, 1.54) is 19.5 Å². The third-order valence-corrected chi connectivity index (χ3v) is 3.43. The van der Waals surface area contributed by atoms with Gasteiger partial charge in [0.25, 0.3) is 0 Å². The number of rotatable bonds is 4. The van der Waals surface area contributed by atoms with Crippen LogP contribution in [0.1, 0.15) is 12.8 Å². The molecule has 1 aliphatic rings. The van der Waals surface area contributed by atoms with Gasteiger partial charge in [0.15, 0.2) is 11.6 Å². The molecule has 20 heavy (non-hydrogen) atoms. The van der Waals surface area contributed by atoms with Crippen LogP contribution < -0.4 is 10.1 Å². The summed E-state index contributed by atoms with van der Waals surface area (Å²) in [7, 11) is 1.44. The normalized spacial score (nSPS) is 18.4. The summed E-state index contributed by atoms with van der Waals surface area (Å²) < 4.78 is 24.2. The van der Waals surface area contributed by atoms with E-state index in [-0.39, 0.29) is 11.9 Å². The van der Waals surface area contributed by atoms with Crippen LogP contribution in [0.5, 0.6) is 5.75 Å². The lowest BCUT2D eigenvalue weighted by Gasteiger charge is -2.13. The SMILES string of the molecule is COc1cc2c(NCC3CCCO3)ncnc2cc1F. The first-order chi connectivity index (χ1) is 9.78. The maximum absolute atomic E-state index is 13.7. The van der Waals surface area contributed by atoms with Crippen molar-refractivity contribution >= 4 is 16.7 Å². The highest BCUT2D eigenvalue weighted by Crippen LogP contribution is 2.27. The van der Waals surface area contributed by atoms with E-state index in [4.69, 9.17) is 9.47 Å². The highest BCUT2D eigenvalue weighted by atomic mass is 19.1. The van der Waals surface area contributed by atoms with Crippen molar-refractivity contribution in [3.8, 4) is 5.75 Å². The molecule has 1 saturated heterocycles. The molecule has 0 aliphatic carbocycles. The number of methoxy groups -OCH3 is 1. The zero-order valence-corrected chi connectivity index (χ0v) is 11.2. The van der Waals surface area contributed by atoms with E-state index in [1.54, 1.807) is 6.07 Å². The maximum Gasteiger partial charge on any atom is 0.167 e. The van der Waals surface area contributed by atoms with Crippen LogP contribution in [0, 0.1) is 5.82 Å². The van der Waals surface area contributed by atoms with Gasteiger partial charge in [-0.15, -0.1) is 0 Å². The minimum Gasteiger partial charge on any atom is -0.494 e. The summed E-state index contributed by atoms with van der Waals surface area (Å²) in [6.45, 7) is 1.50. The lowest BCUT2D eigenvalue weighted by Crippen LogP contribution is -2.19. The standard InChI is InChI=1S/C14H16FN3O2/c1-19-13-5-10-12(6-11(13)15)17-8-18-14(10)16-7-9-3-2-4-20-9/h5-6,8-9H,2-4,7H2,1H3,(H,16,17,18). The minimum atomic E-state index is -0.427. The highest BCUT2D eigenvalue weighted by Gasteiger charge is 2.16. The van der Waals surface area contributed by atoms with Gasteiger partial charge >= 0.3 is 0 Å². The number of fused-ring (bicyclic) bond motifs is 1. The second-order valence-corrected chi connectivity index (χ2v) is 4.74. The number of aromatic nitrogens is 2. The molecular formula is C14H16FN3O2. The molecule has 0 amide bonds. The summed E-state index contributed by atoms with van der Waals surface area (Å²) >= 11 is 0. The molecule has 0 bridgehead atoms. The smallest absolute Gasteiger partial charge is 0.167 e. The monoisotopic (exact) mass is 277 g/mol. The van der Waals surface area contributed by atoms with Crippen LogP contribution in [0.2, 0.25) is 0 Å². The van der Waals surface area contributed by atoms with Crippen LogP contribution in [-0.2, 0) is 4.74 Å². The van der Waals surface area contributed by atoms with E-state index in [0.717, 1.165) is 24.8 Å². The number of nitrogens with one attached hydrogen (secondary N) is 1. The number of nitrogens with zero attached hydrogens (tertiary/aromatic N) is 2. The van der Waals surface area contributed by atoms with E-state index in [2.05, 4.69) is 15.3 Å². The highest BCUT2D eigenvalue weighted by molar-refractivity contribution is 5.90. The molecule has 0 saturated carbocycles. The Bertz CT molecular complexity index is 615. The fourth-order valence-electron chi connectivity index (χ4n) is 2.37. The van der Waals surface area contributed by atoms with Crippen molar-refractivity contribution < 1.29 is 13.9 Å². The van der Waals surface area contributed by atoms with Crippen LogP contribution in [0.25, 0.3) is 10.9 Å². The Morgan fingerprint density at radius 3 is 3.10 bits per heavy atom. The van der Waals surface area contributed by atoms with Crippen LogP contribution in [-0.4, -0.2) is 36.3 Å². The first-order valence-corrected chi connectivity index (χ1v) is 6.61. The first-order valence-electron chi connectivity index (χ1n) is 6.61. The Labute approximate surface area is 116 Å². The second kappa shape index (κ2) is 5.58. The Morgan fingerprint density at radius 1 is 1.45 bits per heavy atom. The molecule has 1 aliphatic heterocycles. The lowest BCUT2D eigenvalue weighted by molar-refractivity contribution is 0.120. The molecule has 106 valence electrons. The van der Waals surface area contributed by atoms with Gasteiger partial charge in [-0.1, -0.05) is 0 Å². The Morgan fingerprint density at radius 2 is 2.35 bits per heavy atom. The van der Waals surface area contributed by atoms with Crippen molar-refractivity contribution in [3.05, 3.63) is 24.3 Å². The third kappa shape index (κ3) is 2.51. The summed E-state index contributed by atoms with van der Waals surface area (Å²) in [4.78, 5) is 8.30. The molecule has 2 heterocycles. The zero-order chi connectivity index (χ0) is 13.9. The Hall–Kier alpha value is -1.95. The van der Waals surface area contributed by atoms with Gasteiger partial charge in [-0.25, -0.2) is 14.4 Å². The van der Waals surface area contributed by atoms with Gasteiger partial charge in [0, 0.05) is 24.6 Å². The van der Waals surface area contributed by atoms with Gasteiger partial charge in [0.05, 0.1) is 18.7 Å². The molecule has 1 unspecified atom stereocenters. The van der Waals surface area contributed by atoms with E-state index in [0.29, 0.717) is 17.9 Å². The van der Waals surface area contributed by atoms with Crippen molar-refractivity contribution in [2.24, 2.45) is 0 Å². The first kappa shape index (κ1) is 13.1. The van der Waals surface area contributed by atoms with E-state index >= 15 is 0 Å². The Balaban J connectivity index is 1.89. The zero-order valence-electron chi connectivity index (χ0n) is 11.2. The summed E-state index contributed by atoms with van der Waals surface area (Å²) in [6, 6.07) is 2.97. The summed E-state index contributed by atoms with van der Waals surface area (Å²) in [5.41, 5.74) is 0.549. The van der Waals surface area contributed by atoms with Gasteiger partial charge in [-0.2, -0.15) is 0 Å². The average molecular weight is 277 g/mol. The van der Waals surface area contributed by atoms with Crippen molar-refractivity contribution in [3.63, 3.8) is 0 Å². The molecular weight excluding hydrogens is 261 g/mol. The maximum atomic E-state index is 13.7. The van der Waals surface area contributed by atoms with E-state index < -0.39 is 5.82 Å². The molecule has 0 spiro atoms. The topological polar surface area (TPSA) is 56.3 Å². The number of hydrogen-bond acceptors (Lipinski definition) is 5. The Kier molecular flexibility index (Phi) is 3.64. The summed E-state index contributed by atoms with van der Waals surface area (Å²) in [5, 5.41) is 3.99. The van der Waals surface area contributed by atoms with Gasteiger partial charge < -0.3 is 14.8 Å². The number of ether oxygens (including phenoxy) is 2. The molecule has 5 nitrogen and oxygen atoms in total. The third-order valence-electron chi connectivity index (χ3n) is 3.43. The summed E-state index contributed by atoms with van der Waals surface area (Å²) in [6.07, 6.45) is 3.78. The van der Waals surface area contributed by atoms with Crippen LogP contribution in [0.15, 0.2) is 18.5 Å². The number of hydrogen-bond donors (Lipinski definition) is 1. The number of halogens is 1. The minimum absolute atomic E-state index is 0.187. The van der Waals surface area contributed by atoms with Crippen molar-refractivity contribution in [2.75, 3.05) is 25.6 Å². The van der Waals surface area contributed by atoms with Crippen molar-refractivity contribution in [2.45, 2.75) is 18.9 Å². The quantitative estimate of drug-likeness (QED) is 0.929. The molecule has 6 heteroatoms. The molecule has 1 fully saturated rings. The van der Waals surface area contributed by atoms with Crippen LogP contribution in [0.3, 0.4) is 0 Å². The van der Waals surface area contributed by atoms with E-state index in [1.807, 2.05) is 0 Å². The number of anilines is 1.